The number of anilines is 1. The summed E-state index contributed by atoms with van der Waals surface area (Å²) in [5.41, 5.74) is 0.449. The van der Waals surface area contributed by atoms with E-state index in [1.54, 1.807) is 34.6 Å². The topological polar surface area (TPSA) is 84.5 Å². The SMILES string of the molecule is CCOC(=O)NC(=O)c1c(NC(=O)C(C)(C)C)sc(C)c1C. The van der Waals surface area contributed by atoms with Crippen LogP contribution in [0.3, 0.4) is 0 Å². The second kappa shape index (κ2) is 6.91. The Hall–Kier alpha value is -1.89. The Morgan fingerprint density at radius 2 is 1.77 bits per heavy atom. The van der Waals surface area contributed by atoms with E-state index < -0.39 is 17.4 Å². The van der Waals surface area contributed by atoms with Crippen LogP contribution < -0.4 is 10.6 Å². The van der Waals surface area contributed by atoms with Gasteiger partial charge in [-0.1, -0.05) is 20.8 Å². The fourth-order valence-electron chi connectivity index (χ4n) is 1.60. The van der Waals surface area contributed by atoms with Crippen molar-refractivity contribution in [2.45, 2.75) is 41.5 Å². The molecule has 1 heterocycles. The Balaban J connectivity index is 3.06. The monoisotopic (exact) mass is 326 g/mol. The summed E-state index contributed by atoms with van der Waals surface area (Å²) < 4.78 is 4.70. The van der Waals surface area contributed by atoms with Gasteiger partial charge >= 0.3 is 6.09 Å². The van der Waals surface area contributed by atoms with E-state index in [1.807, 2.05) is 6.92 Å². The van der Waals surface area contributed by atoms with E-state index >= 15 is 0 Å². The van der Waals surface area contributed by atoms with Crippen molar-refractivity contribution in [3.63, 3.8) is 0 Å². The summed E-state index contributed by atoms with van der Waals surface area (Å²) in [7, 11) is 0. The molecule has 2 N–H and O–H groups in total. The molecular weight excluding hydrogens is 304 g/mol. The standard InChI is InChI=1S/C15H22N2O4S/c1-7-21-14(20)16-11(18)10-8(2)9(3)22-12(10)17-13(19)15(4,5)6/h7H2,1-6H3,(H,17,19)(H,16,18,20). The number of carbonyl (C=O) groups is 3. The number of hydrogen-bond acceptors (Lipinski definition) is 5. The lowest BCUT2D eigenvalue weighted by Gasteiger charge is -2.17. The van der Waals surface area contributed by atoms with Crippen molar-refractivity contribution < 1.29 is 19.1 Å². The van der Waals surface area contributed by atoms with E-state index in [9.17, 15) is 14.4 Å². The summed E-state index contributed by atoms with van der Waals surface area (Å²) in [4.78, 5) is 36.7. The molecule has 6 nitrogen and oxygen atoms in total. The summed E-state index contributed by atoms with van der Waals surface area (Å²) in [5, 5.41) is 5.37. The molecular formula is C15H22N2O4S. The van der Waals surface area contributed by atoms with Crippen LogP contribution in [0.1, 0.15) is 48.5 Å². The minimum atomic E-state index is -0.802. The van der Waals surface area contributed by atoms with Gasteiger partial charge in [-0.05, 0) is 26.3 Å². The predicted octanol–water partition coefficient (Wildman–Crippen LogP) is 3.24. The molecule has 0 fully saturated rings. The molecule has 0 unspecified atom stereocenters. The molecule has 0 aliphatic rings. The fraction of sp³-hybridized carbons (Fsp3) is 0.533. The summed E-state index contributed by atoms with van der Waals surface area (Å²) in [6.07, 6.45) is -0.802. The van der Waals surface area contributed by atoms with Crippen LogP contribution in [-0.2, 0) is 9.53 Å². The van der Waals surface area contributed by atoms with Gasteiger partial charge in [0.25, 0.3) is 5.91 Å². The third kappa shape index (κ3) is 4.30. The van der Waals surface area contributed by atoms with Crippen LogP contribution in [0.25, 0.3) is 0 Å². The molecule has 3 amide bonds. The molecule has 22 heavy (non-hydrogen) atoms. The van der Waals surface area contributed by atoms with Crippen LogP contribution in [0, 0.1) is 19.3 Å². The maximum Gasteiger partial charge on any atom is 0.414 e. The van der Waals surface area contributed by atoms with Gasteiger partial charge in [0, 0.05) is 10.3 Å². The van der Waals surface area contributed by atoms with Gasteiger partial charge in [-0.15, -0.1) is 11.3 Å². The summed E-state index contributed by atoms with van der Waals surface area (Å²) in [5.74, 6) is -0.775. The predicted molar refractivity (Wildman–Crippen MR) is 86.4 cm³/mol. The Morgan fingerprint density at radius 1 is 1.18 bits per heavy atom. The Bertz CT molecular complexity index is 599. The van der Waals surface area contributed by atoms with E-state index in [2.05, 4.69) is 10.6 Å². The molecule has 1 aromatic rings. The lowest BCUT2D eigenvalue weighted by molar-refractivity contribution is -0.123. The maximum atomic E-state index is 12.3. The quantitative estimate of drug-likeness (QED) is 0.893. The number of ether oxygens (including phenoxy) is 1. The second-order valence-corrected chi connectivity index (χ2v) is 7.09. The Kier molecular flexibility index (Phi) is 5.71. The number of hydrogen-bond donors (Lipinski definition) is 2. The number of alkyl carbamates (subject to hydrolysis) is 1. The molecule has 0 spiro atoms. The van der Waals surface area contributed by atoms with Crippen molar-refractivity contribution >= 4 is 34.2 Å². The first-order valence-electron chi connectivity index (χ1n) is 6.97. The minimum absolute atomic E-state index is 0.175. The number of aryl methyl sites for hydroxylation is 1. The molecule has 0 aliphatic heterocycles. The van der Waals surface area contributed by atoms with Crippen LogP contribution in [0.15, 0.2) is 0 Å². The normalized spacial score (nSPS) is 11.0. The summed E-state index contributed by atoms with van der Waals surface area (Å²) in [6.45, 7) is 10.8. The van der Waals surface area contributed by atoms with Crippen molar-refractivity contribution in [2.24, 2.45) is 5.41 Å². The summed E-state index contributed by atoms with van der Waals surface area (Å²) in [6, 6.07) is 0. The van der Waals surface area contributed by atoms with Gasteiger partial charge in [0.1, 0.15) is 5.00 Å². The highest BCUT2D eigenvalue weighted by molar-refractivity contribution is 7.16. The summed E-state index contributed by atoms with van der Waals surface area (Å²) >= 11 is 1.31. The highest BCUT2D eigenvalue weighted by Crippen LogP contribution is 2.33. The molecule has 0 aromatic carbocycles. The van der Waals surface area contributed by atoms with Gasteiger partial charge in [0.05, 0.1) is 12.2 Å². The van der Waals surface area contributed by atoms with E-state index in [0.29, 0.717) is 10.6 Å². The van der Waals surface area contributed by atoms with Crippen molar-refractivity contribution in [3.8, 4) is 0 Å². The fourth-order valence-corrected chi connectivity index (χ4v) is 2.65. The van der Waals surface area contributed by atoms with E-state index in [1.165, 1.54) is 11.3 Å². The highest BCUT2D eigenvalue weighted by atomic mass is 32.1. The number of carbonyl (C=O) groups excluding carboxylic acids is 3. The second-order valence-electron chi connectivity index (χ2n) is 5.87. The molecule has 0 radical (unpaired) electrons. The van der Waals surface area contributed by atoms with E-state index in [0.717, 1.165) is 10.4 Å². The van der Waals surface area contributed by atoms with Gasteiger partial charge in [0.2, 0.25) is 5.91 Å². The highest BCUT2D eigenvalue weighted by Gasteiger charge is 2.27. The third-order valence-electron chi connectivity index (χ3n) is 3.01. The minimum Gasteiger partial charge on any atom is -0.450 e. The molecule has 122 valence electrons. The maximum absolute atomic E-state index is 12.3. The van der Waals surface area contributed by atoms with Crippen LogP contribution >= 0.6 is 11.3 Å². The first-order valence-corrected chi connectivity index (χ1v) is 7.79. The number of thiophene rings is 1. The molecule has 0 aliphatic carbocycles. The van der Waals surface area contributed by atoms with E-state index in [-0.39, 0.29) is 12.5 Å². The average Bonchev–Trinajstić information content (AvgIpc) is 2.63. The van der Waals surface area contributed by atoms with Crippen LogP contribution in [-0.4, -0.2) is 24.5 Å². The van der Waals surface area contributed by atoms with Crippen molar-refractivity contribution in [1.82, 2.24) is 5.32 Å². The van der Waals surface area contributed by atoms with Gasteiger partial charge in [-0.25, -0.2) is 4.79 Å². The van der Waals surface area contributed by atoms with Crippen LogP contribution in [0.5, 0.6) is 0 Å². The lowest BCUT2D eigenvalue weighted by Crippen LogP contribution is -2.33. The lowest BCUT2D eigenvalue weighted by atomic mass is 9.96. The Labute approximate surface area is 134 Å². The Morgan fingerprint density at radius 3 is 2.27 bits per heavy atom. The number of rotatable bonds is 3. The third-order valence-corrected chi connectivity index (χ3v) is 4.13. The molecule has 0 saturated heterocycles. The van der Waals surface area contributed by atoms with E-state index in [4.69, 9.17) is 4.74 Å². The number of imide groups is 1. The van der Waals surface area contributed by atoms with Crippen molar-refractivity contribution in [3.05, 3.63) is 16.0 Å². The molecule has 1 rings (SSSR count). The van der Waals surface area contributed by atoms with Crippen LogP contribution in [0.2, 0.25) is 0 Å². The van der Waals surface area contributed by atoms with Crippen LogP contribution in [0.4, 0.5) is 9.80 Å². The molecule has 7 heteroatoms. The number of amides is 3. The first kappa shape index (κ1) is 18.2. The first-order chi connectivity index (χ1) is 10.1. The zero-order valence-corrected chi connectivity index (χ0v) is 14.6. The zero-order chi connectivity index (χ0) is 17.1. The van der Waals surface area contributed by atoms with Gasteiger partial charge in [-0.2, -0.15) is 0 Å². The number of nitrogens with one attached hydrogen (secondary N) is 2. The van der Waals surface area contributed by atoms with Gasteiger partial charge < -0.3 is 10.1 Å². The zero-order valence-electron chi connectivity index (χ0n) is 13.7. The largest absolute Gasteiger partial charge is 0.450 e. The van der Waals surface area contributed by atoms with Gasteiger partial charge in [0.15, 0.2) is 0 Å². The average molecular weight is 326 g/mol. The molecule has 0 saturated carbocycles. The molecule has 0 atom stereocenters. The van der Waals surface area contributed by atoms with Gasteiger partial charge in [-0.3, -0.25) is 14.9 Å². The van der Waals surface area contributed by atoms with Crippen molar-refractivity contribution in [2.75, 3.05) is 11.9 Å². The molecule has 1 aromatic heterocycles. The smallest absolute Gasteiger partial charge is 0.414 e. The van der Waals surface area contributed by atoms with Crippen molar-refractivity contribution in [1.29, 1.82) is 0 Å². The molecule has 0 bridgehead atoms.